The molecule has 1 aromatic carbocycles. The first-order valence-electron chi connectivity index (χ1n) is 8.25. The van der Waals surface area contributed by atoms with Gasteiger partial charge in [0.2, 0.25) is 0 Å². The van der Waals surface area contributed by atoms with E-state index in [4.69, 9.17) is 12.2 Å². The Bertz CT molecular complexity index is 502. The third-order valence-corrected chi connectivity index (χ3v) is 5.05. The molecule has 0 amide bonds. The number of fused-ring (bicyclic) bond motifs is 2. The van der Waals surface area contributed by atoms with E-state index in [9.17, 15) is 0 Å². The summed E-state index contributed by atoms with van der Waals surface area (Å²) >= 11 is 5.48. The van der Waals surface area contributed by atoms with Crippen molar-refractivity contribution >= 4 is 23.0 Å². The number of thiocarbonyl (C=S) groups is 1. The van der Waals surface area contributed by atoms with Crippen LogP contribution in [0.25, 0.3) is 0 Å². The zero-order valence-corrected chi connectivity index (χ0v) is 13.8. The van der Waals surface area contributed by atoms with E-state index in [-0.39, 0.29) is 0 Å². The second-order valence-electron chi connectivity index (χ2n) is 6.36. The molecule has 2 aliphatic rings. The number of hydrogen-bond donors (Lipinski definition) is 2. The van der Waals surface area contributed by atoms with E-state index in [0.29, 0.717) is 18.1 Å². The van der Waals surface area contributed by atoms with Crippen LogP contribution in [-0.2, 0) is 0 Å². The molecule has 3 rings (SSSR count). The number of rotatable bonds is 4. The van der Waals surface area contributed by atoms with Crippen LogP contribution in [0.15, 0.2) is 43.0 Å². The molecule has 118 valence electrons. The third-order valence-electron chi connectivity index (χ3n) is 4.83. The molecule has 0 aliphatic carbocycles. The van der Waals surface area contributed by atoms with Gasteiger partial charge in [0.25, 0.3) is 0 Å². The predicted octanol–water partition coefficient (Wildman–Crippen LogP) is 3.54. The number of piperidine rings is 2. The van der Waals surface area contributed by atoms with Gasteiger partial charge in [-0.2, -0.15) is 0 Å². The average Bonchev–Trinajstić information content (AvgIpc) is 2.49. The molecule has 3 nitrogen and oxygen atoms in total. The molecule has 2 N–H and O–H groups in total. The summed E-state index contributed by atoms with van der Waals surface area (Å²) in [5.41, 5.74) is 1.05. The standard InChI is InChI=1S/C18H25N3S/c1-2-11-21-16-9-6-10-17(21)13-15(12-16)20-18(22)19-14-7-4-3-5-8-14/h2-5,7-8,15-17H,1,6,9-13H2,(H2,19,20,22)/t15?,16-,17+. The minimum absolute atomic E-state index is 0.486. The first kappa shape index (κ1) is 15.5. The molecule has 0 spiro atoms. The van der Waals surface area contributed by atoms with Crippen LogP contribution in [0, 0.1) is 0 Å². The van der Waals surface area contributed by atoms with Crippen LogP contribution in [-0.4, -0.2) is 34.7 Å². The van der Waals surface area contributed by atoms with Gasteiger partial charge >= 0.3 is 0 Å². The zero-order chi connectivity index (χ0) is 15.4. The van der Waals surface area contributed by atoms with Gasteiger partial charge in [-0.25, -0.2) is 0 Å². The quantitative estimate of drug-likeness (QED) is 0.656. The van der Waals surface area contributed by atoms with Crippen molar-refractivity contribution in [2.24, 2.45) is 0 Å². The van der Waals surface area contributed by atoms with Gasteiger partial charge < -0.3 is 10.6 Å². The van der Waals surface area contributed by atoms with Crippen molar-refractivity contribution in [2.75, 3.05) is 11.9 Å². The predicted molar refractivity (Wildman–Crippen MR) is 97.2 cm³/mol. The molecule has 0 saturated carbocycles. The van der Waals surface area contributed by atoms with Crippen LogP contribution in [0.1, 0.15) is 32.1 Å². The maximum Gasteiger partial charge on any atom is 0.170 e. The van der Waals surface area contributed by atoms with Crippen molar-refractivity contribution < 1.29 is 0 Å². The van der Waals surface area contributed by atoms with Crippen molar-refractivity contribution in [2.45, 2.75) is 50.2 Å². The Hall–Kier alpha value is -1.39. The van der Waals surface area contributed by atoms with Crippen LogP contribution in [0.3, 0.4) is 0 Å². The van der Waals surface area contributed by atoms with E-state index in [1.807, 2.05) is 36.4 Å². The lowest BCUT2D eigenvalue weighted by molar-refractivity contribution is 0.0389. The first-order valence-corrected chi connectivity index (χ1v) is 8.66. The van der Waals surface area contributed by atoms with E-state index < -0.39 is 0 Å². The highest BCUT2D eigenvalue weighted by atomic mass is 32.1. The Kier molecular flexibility index (Phi) is 5.11. The summed E-state index contributed by atoms with van der Waals surface area (Å²) < 4.78 is 0. The smallest absolute Gasteiger partial charge is 0.170 e. The lowest BCUT2D eigenvalue weighted by Gasteiger charge is -2.48. The Labute approximate surface area is 138 Å². The molecule has 3 atom stereocenters. The molecule has 2 heterocycles. The van der Waals surface area contributed by atoms with Crippen LogP contribution >= 0.6 is 12.2 Å². The Morgan fingerprint density at radius 2 is 1.91 bits per heavy atom. The van der Waals surface area contributed by atoms with E-state index >= 15 is 0 Å². The van der Waals surface area contributed by atoms with Crippen molar-refractivity contribution in [1.82, 2.24) is 10.2 Å². The molecule has 22 heavy (non-hydrogen) atoms. The molecule has 2 fully saturated rings. The zero-order valence-electron chi connectivity index (χ0n) is 13.0. The summed E-state index contributed by atoms with van der Waals surface area (Å²) in [6.07, 6.45) is 8.38. The van der Waals surface area contributed by atoms with Crippen molar-refractivity contribution in [3.8, 4) is 0 Å². The highest BCUT2D eigenvalue weighted by molar-refractivity contribution is 7.80. The number of nitrogens with zero attached hydrogens (tertiary/aromatic N) is 1. The second kappa shape index (κ2) is 7.25. The summed E-state index contributed by atoms with van der Waals surface area (Å²) in [4.78, 5) is 2.64. The number of anilines is 1. The second-order valence-corrected chi connectivity index (χ2v) is 6.77. The Morgan fingerprint density at radius 1 is 1.23 bits per heavy atom. The molecule has 1 unspecified atom stereocenters. The SMILES string of the molecule is C=CCN1[C@@H]2CCC[C@H]1CC(NC(=S)Nc1ccccc1)C2. The highest BCUT2D eigenvalue weighted by Gasteiger charge is 2.37. The summed E-state index contributed by atoms with van der Waals surface area (Å²) in [5.74, 6) is 0. The fourth-order valence-electron chi connectivity index (χ4n) is 3.92. The Balaban J connectivity index is 1.56. The van der Waals surface area contributed by atoms with Gasteiger partial charge in [-0.1, -0.05) is 30.7 Å². The van der Waals surface area contributed by atoms with Crippen molar-refractivity contribution in [3.63, 3.8) is 0 Å². The van der Waals surface area contributed by atoms with Gasteiger partial charge in [-0.3, -0.25) is 4.90 Å². The van der Waals surface area contributed by atoms with Gasteiger partial charge in [0.05, 0.1) is 0 Å². The lowest BCUT2D eigenvalue weighted by Crippen LogP contribution is -2.57. The fraction of sp³-hybridized carbons (Fsp3) is 0.500. The first-order chi connectivity index (χ1) is 10.8. The van der Waals surface area contributed by atoms with E-state index in [2.05, 4.69) is 22.1 Å². The lowest BCUT2D eigenvalue weighted by atomic mass is 9.82. The monoisotopic (exact) mass is 315 g/mol. The van der Waals surface area contributed by atoms with Crippen LogP contribution in [0.5, 0.6) is 0 Å². The minimum atomic E-state index is 0.486. The van der Waals surface area contributed by atoms with Crippen molar-refractivity contribution in [1.29, 1.82) is 0 Å². The maximum atomic E-state index is 5.48. The number of hydrogen-bond acceptors (Lipinski definition) is 2. The van der Waals surface area contributed by atoms with Gasteiger partial charge in [-0.05, 0) is 50.0 Å². The number of benzene rings is 1. The van der Waals surface area contributed by atoms with Gasteiger partial charge in [0.15, 0.2) is 5.11 Å². The van der Waals surface area contributed by atoms with Gasteiger partial charge in [-0.15, -0.1) is 6.58 Å². The van der Waals surface area contributed by atoms with E-state index in [0.717, 1.165) is 17.3 Å². The molecule has 1 aromatic rings. The van der Waals surface area contributed by atoms with E-state index in [1.165, 1.54) is 32.1 Å². The topological polar surface area (TPSA) is 27.3 Å². The van der Waals surface area contributed by atoms with Crippen LogP contribution < -0.4 is 10.6 Å². The number of para-hydroxylation sites is 1. The average molecular weight is 315 g/mol. The highest BCUT2D eigenvalue weighted by Crippen LogP contribution is 2.33. The minimum Gasteiger partial charge on any atom is -0.360 e. The molecule has 0 radical (unpaired) electrons. The molecular weight excluding hydrogens is 290 g/mol. The summed E-state index contributed by atoms with van der Waals surface area (Å²) in [5, 5.41) is 7.55. The molecule has 2 bridgehead atoms. The van der Waals surface area contributed by atoms with Crippen LogP contribution in [0.2, 0.25) is 0 Å². The number of nitrogens with one attached hydrogen (secondary N) is 2. The molecule has 2 aliphatic heterocycles. The van der Waals surface area contributed by atoms with E-state index in [1.54, 1.807) is 0 Å². The Morgan fingerprint density at radius 3 is 2.55 bits per heavy atom. The molecule has 4 heteroatoms. The molecular formula is C18H25N3S. The molecule has 2 saturated heterocycles. The maximum absolute atomic E-state index is 5.48. The van der Waals surface area contributed by atoms with Gasteiger partial charge in [0, 0.05) is 30.4 Å². The normalized spacial score (nSPS) is 27.9. The van der Waals surface area contributed by atoms with Crippen LogP contribution in [0.4, 0.5) is 5.69 Å². The summed E-state index contributed by atoms with van der Waals surface area (Å²) in [6.45, 7) is 4.93. The molecule has 0 aromatic heterocycles. The van der Waals surface area contributed by atoms with Crippen molar-refractivity contribution in [3.05, 3.63) is 43.0 Å². The fourth-order valence-corrected chi connectivity index (χ4v) is 4.20. The largest absolute Gasteiger partial charge is 0.360 e. The summed E-state index contributed by atoms with van der Waals surface area (Å²) in [6, 6.07) is 12.0. The third kappa shape index (κ3) is 3.68. The van der Waals surface area contributed by atoms with Gasteiger partial charge in [0.1, 0.15) is 0 Å². The summed E-state index contributed by atoms with van der Waals surface area (Å²) in [7, 11) is 0.